The molecule has 26 heavy (non-hydrogen) atoms. The van der Waals surface area contributed by atoms with Gasteiger partial charge in [-0.3, -0.25) is 15.0 Å². The molecule has 0 amide bonds. The summed E-state index contributed by atoms with van der Waals surface area (Å²) in [6, 6.07) is 4.27. The number of likely N-dealkylation sites (tertiary alicyclic amines) is 1. The molecule has 0 bridgehead atoms. The number of sulfonamides is 1. The lowest BCUT2D eigenvalue weighted by Gasteiger charge is -2.38. The minimum atomic E-state index is -3.91. The smallest absolute Gasteiger partial charge is 0.289 e. The number of nitro benzene ring substituents is 1. The molecular formula is C17H24BrN3O4S. The van der Waals surface area contributed by atoms with Gasteiger partial charge in [0.25, 0.3) is 5.69 Å². The summed E-state index contributed by atoms with van der Waals surface area (Å²) in [6.45, 7) is 2.84. The molecule has 0 radical (unpaired) electrons. The first-order valence-corrected chi connectivity index (χ1v) is 11.3. The van der Waals surface area contributed by atoms with Gasteiger partial charge in [0.1, 0.15) is 0 Å². The van der Waals surface area contributed by atoms with E-state index in [2.05, 4.69) is 20.8 Å². The molecular weight excluding hydrogens is 422 g/mol. The zero-order valence-electron chi connectivity index (χ0n) is 14.6. The van der Waals surface area contributed by atoms with Crippen molar-refractivity contribution in [2.75, 3.05) is 26.2 Å². The molecule has 0 aliphatic carbocycles. The summed E-state index contributed by atoms with van der Waals surface area (Å²) in [7, 11) is -3.91. The van der Waals surface area contributed by atoms with E-state index < -0.39 is 14.9 Å². The first kappa shape index (κ1) is 19.7. The van der Waals surface area contributed by atoms with E-state index in [1.165, 1.54) is 35.3 Å². The molecule has 7 nitrogen and oxygen atoms in total. The summed E-state index contributed by atoms with van der Waals surface area (Å²) >= 11 is 3.23. The maximum atomic E-state index is 13.1. The molecule has 9 heteroatoms. The lowest BCUT2D eigenvalue weighted by atomic mass is 10.1. The Labute approximate surface area is 162 Å². The van der Waals surface area contributed by atoms with Crippen LogP contribution in [0.5, 0.6) is 0 Å². The Morgan fingerprint density at radius 1 is 1.08 bits per heavy atom. The molecule has 144 valence electrons. The van der Waals surface area contributed by atoms with E-state index in [1.807, 2.05) is 0 Å². The monoisotopic (exact) mass is 445 g/mol. The van der Waals surface area contributed by atoms with Crippen molar-refractivity contribution in [3.8, 4) is 0 Å². The van der Waals surface area contributed by atoms with Crippen LogP contribution in [0.2, 0.25) is 0 Å². The maximum Gasteiger partial charge on any atom is 0.289 e. The van der Waals surface area contributed by atoms with Gasteiger partial charge in [-0.1, -0.05) is 28.8 Å². The number of halogens is 1. The third-order valence-corrected chi connectivity index (χ3v) is 7.64. The van der Waals surface area contributed by atoms with Crippen molar-refractivity contribution in [2.45, 2.75) is 49.5 Å². The number of piperidine rings is 1. The van der Waals surface area contributed by atoms with Crippen LogP contribution in [0, 0.1) is 10.1 Å². The Morgan fingerprint density at radius 2 is 1.77 bits per heavy atom. The number of benzene rings is 1. The first-order valence-electron chi connectivity index (χ1n) is 9.08. The highest BCUT2D eigenvalue weighted by Crippen LogP contribution is 2.32. The second-order valence-electron chi connectivity index (χ2n) is 6.98. The average Bonchev–Trinajstić information content (AvgIpc) is 2.91. The standard InChI is InChI=1S/C17H24BrN3O4S/c18-14-7-8-16(21(22)23)17(12-14)26(24,25)20-11-5-6-15(13-20)19-9-3-1-2-4-10-19/h7-8,12,15H,1-6,9-11,13H2. The van der Waals surface area contributed by atoms with Crippen LogP contribution in [0.3, 0.4) is 0 Å². The fourth-order valence-corrected chi connectivity index (χ4v) is 6.09. The summed E-state index contributed by atoms with van der Waals surface area (Å²) in [5.41, 5.74) is -0.370. The Kier molecular flexibility index (Phi) is 6.32. The van der Waals surface area contributed by atoms with Crippen molar-refractivity contribution in [3.63, 3.8) is 0 Å². The molecule has 0 N–H and O–H groups in total. The van der Waals surface area contributed by atoms with Crippen LogP contribution in [0.4, 0.5) is 5.69 Å². The van der Waals surface area contributed by atoms with E-state index in [0.717, 1.165) is 38.8 Å². The van der Waals surface area contributed by atoms with Crippen LogP contribution < -0.4 is 0 Å². The second kappa shape index (κ2) is 8.33. The van der Waals surface area contributed by atoms with Gasteiger partial charge in [0.05, 0.1) is 4.92 Å². The number of hydrogen-bond acceptors (Lipinski definition) is 5. The molecule has 1 aromatic rings. The summed E-state index contributed by atoms with van der Waals surface area (Å²) in [5.74, 6) is 0. The molecule has 2 fully saturated rings. The Hall–Kier alpha value is -1.03. The highest BCUT2D eigenvalue weighted by atomic mass is 79.9. The molecule has 2 aliphatic rings. The van der Waals surface area contributed by atoms with Crippen molar-refractivity contribution in [1.29, 1.82) is 0 Å². The van der Waals surface area contributed by atoms with Gasteiger partial charge in [-0.25, -0.2) is 8.42 Å². The fourth-order valence-electron chi connectivity index (χ4n) is 3.88. The largest absolute Gasteiger partial charge is 0.299 e. The highest BCUT2D eigenvalue weighted by Gasteiger charge is 2.36. The Bertz CT molecular complexity index is 763. The van der Waals surface area contributed by atoms with Crippen LogP contribution in [0.25, 0.3) is 0 Å². The van der Waals surface area contributed by atoms with Crippen molar-refractivity contribution in [2.24, 2.45) is 0 Å². The molecule has 0 saturated carbocycles. The van der Waals surface area contributed by atoms with E-state index in [0.29, 0.717) is 17.6 Å². The summed E-state index contributed by atoms with van der Waals surface area (Å²) < 4.78 is 28.2. The molecule has 1 aromatic carbocycles. The van der Waals surface area contributed by atoms with Crippen molar-refractivity contribution in [1.82, 2.24) is 9.21 Å². The SMILES string of the molecule is O=[N+]([O-])c1ccc(Br)cc1S(=O)(=O)N1CCCC(N2CCCCCC2)C1. The van der Waals surface area contributed by atoms with Gasteiger partial charge < -0.3 is 0 Å². The molecule has 2 aliphatic heterocycles. The van der Waals surface area contributed by atoms with Crippen molar-refractivity contribution < 1.29 is 13.3 Å². The van der Waals surface area contributed by atoms with Crippen LogP contribution >= 0.6 is 15.9 Å². The molecule has 2 saturated heterocycles. The predicted molar refractivity (Wildman–Crippen MR) is 103 cm³/mol. The molecule has 0 aromatic heterocycles. The van der Waals surface area contributed by atoms with Gasteiger partial charge in [0, 0.05) is 29.7 Å². The summed E-state index contributed by atoms with van der Waals surface area (Å²) in [4.78, 5) is 12.9. The Morgan fingerprint density at radius 3 is 2.42 bits per heavy atom. The van der Waals surface area contributed by atoms with Gasteiger partial charge in [-0.15, -0.1) is 0 Å². The average molecular weight is 446 g/mol. The van der Waals surface area contributed by atoms with Gasteiger partial charge in [0.2, 0.25) is 10.0 Å². The number of rotatable bonds is 4. The lowest BCUT2D eigenvalue weighted by Crippen LogP contribution is -2.50. The van der Waals surface area contributed by atoms with Gasteiger partial charge in [-0.2, -0.15) is 4.31 Å². The van der Waals surface area contributed by atoms with E-state index in [1.54, 1.807) is 0 Å². The summed E-state index contributed by atoms with van der Waals surface area (Å²) in [6.07, 6.45) is 6.53. The second-order valence-corrected chi connectivity index (χ2v) is 9.80. The first-order chi connectivity index (χ1) is 12.4. The van der Waals surface area contributed by atoms with Crippen LogP contribution in [-0.2, 0) is 10.0 Å². The lowest BCUT2D eigenvalue weighted by molar-refractivity contribution is -0.387. The quantitative estimate of drug-likeness (QED) is 0.523. The molecule has 0 spiro atoms. The molecule has 3 rings (SSSR count). The number of nitrogens with zero attached hydrogens (tertiary/aromatic N) is 3. The third kappa shape index (κ3) is 4.27. The maximum absolute atomic E-state index is 13.1. The normalized spacial score (nSPS) is 23.5. The van der Waals surface area contributed by atoms with E-state index >= 15 is 0 Å². The van der Waals surface area contributed by atoms with Crippen LogP contribution in [0.1, 0.15) is 38.5 Å². The minimum Gasteiger partial charge on any atom is -0.299 e. The number of nitro groups is 1. The fraction of sp³-hybridized carbons (Fsp3) is 0.647. The number of hydrogen-bond donors (Lipinski definition) is 0. The van der Waals surface area contributed by atoms with E-state index in [9.17, 15) is 18.5 Å². The van der Waals surface area contributed by atoms with Gasteiger partial charge >= 0.3 is 0 Å². The predicted octanol–water partition coefficient (Wildman–Crippen LogP) is 3.39. The summed E-state index contributed by atoms with van der Waals surface area (Å²) in [5, 5.41) is 11.3. The Balaban J connectivity index is 1.85. The zero-order chi connectivity index (χ0) is 18.7. The minimum absolute atomic E-state index is 0.197. The van der Waals surface area contributed by atoms with Gasteiger partial charge in [0.15, 0.2) is 4.90 Å². The highest BCUT2D eigenvalue weighted by molar-refractivity contribution is 9.10. The van der Waals surface area contributed by atoms with Crippen molar-refractivity contribution in [3.05, 3.63) is 32.8 Å². The third-order valence-electron chi connectivity index (χ3n) is 5.25. The van der Waals surface area contributed by atoms with Crippen molar-refractivity contribution >= 4 is 31.6 Å². The molecule has 1 unspecified atom stereocenters. The molecule has 2 heterocycles. The van der Waals surface area contributed by atoms with Crippen LogP contribution in [-0.4, -0.2) is 54.8 Å². The zero-order valence-corrected chi connectivity index (χ0v) is 17.0. The van der Waals surface area contributed by atoms with Gasteiger partial charge in [-0.05, 0) is 50.9 Å². The topological polar surface area (TPSA) is 83.8 Å². The van der Waals surface area contributed by atoms with E-state index in [-0.39, 0.29) is 16.6 Å². The van der Waals surface area contributed by atoms with Crippen LogP contribution in [0.15, 0.2) is 27.6 Å². The van der Waals surface area contributed by atoms with E-state index in [4.69, 9.17) is 0 Å². The molecule has 1 atom stereocenters.